The molecule has 0 saturated heterocycles. The highest BCUT2D eigenvalue weighted by molar-refractivity contribution is 4.74. The lowest BCUT2D eigenvalue weighted by atomic mass is 10.1. The van der Waals surface area contributed by atoms with E-state index < -0.39 is 0 Å². The molecule has 2 N–H and O–H groups in total. The largest absolute Gasteiger partial charge is 0.328 e. The van der Waals surface area contributed by atoms with E-state index in [1.807, 2.05) is 6.08 Å². The Morgan fingerprint density at radius 2 is 1.93 bits per heavy atom. The first-order chi connectivity index (χ1) is 6.74. The lowest BCUT2D eigenvalue weighted by Crippen LogP contribution is -2.31. The van der Waals surface area contributed by atoms with Crippen LogP contribution in [0.5, 0.6) is 0 Å². The van der Waals surface area contributed by atoms with Crippen molar-refractivity contribution in [2.24, 2.45) is 5.73 Å². The number of nitrogens with zero attached hydrogens (tertiary/aromatic N) is 1. The molecular weight excluding hydrogens is 172 g/mol. The first-order valence-electron chi connectivity index (χ1n) is 5.83. The van der Waals surface area contributed by atoms with Gasteiger partial charge in [-0.3, -0.25) is 4.90 Å². The Kier molecular flexibility index (Phi) is 9.00. The second-order valence-corrected chi connectivity index (χ2v) is 3.93. The summed E-state index contributed by atoms with van der Waals surface area (Å²) in [5, 5.41) is 0. The highest BCUT2D eigenvalue weighted by Gasteiger charge is 2.05. The van der Waals surface area contributed by atoms with Gasteiger partial charge in [-0.1, -0.05) is 26.3 Å². The van der Waals surface area contributed by atoms with E-state index in [9.17, 15) is 0 Å². The number of hydrogen-bond acceptors (Lipinski definition) is 2. The average Bonchev–Trinajstić information content (AvgIpc) is 2.15. The zero-order valence-corrected chi connectivity index (χ0v) is 9.84. The second kappa shape index (κ2) is 9.22. The van der Waals surface area contributed by atoms with Gasteiger partial charge in [0, 0.05) is 12.6 Å². The van der Waals surface area contributed by atoms with E-state index in [4.69, 9.17) is 5.73 Å². The first kappa shape index (κ1) is 13.7. The molecule has 0 amide bonds. The van der Waals surface area contributed by atoms with Crippen LogP contribution in [0.2, 0.25) is 0 Å². The lowest BCUT2D eigenvalue weighted by molar-refractivity contribution is 0.287. The fraction of sp³-hybridized carbons (Fsp3) is 0.833. The molecule has 0 bridgehead atoms. The van der Waals surface area contributed by atoms with Crippen LogP contribution < -0.4 is 5.73 Å². The minimum absolute atomic E-state index is 0.379. The molecule has 14 heavy (non-hydrogen) atoms. The van der Waals surface area contributed by atoms with E-state index in [0.29, 0.717) is 6.04 Å². The van der Waals surface area contributed by atoms with Crippen LogP contribution in [0.4, 0.5) is 0 Å². The van der Waals surface area contributed by atoms with Crippen molar-refractivity contribution in [3.63, 3.8) is 0 Å². The molecule has 0 saturated carbocycles. The van der Waals surface area contributed by atoms with Crippen LogP contribution in [-0.2, 0) is 0 Å². The SMILES string of the molecule is C=CCN(CCC)CCC(N)CCC. The molecule has 0 aromatic carbocycles. The highest BCUT2D eigenvalue weighted by Crippen LogP contribution is 2.01. The van der Waals surface area contributed by atoms with Crippen LogP contribution in [0.15, 0.2) is 12.7 Å². The van der Waals surface area contributed by atoms with Crippen molar-refractivity contribution in [3.05, 3.63) is 12.7 Å². The summed E-state index contributed by atoms with van der Waals surface area (Å²) in [5.41, 5.74) is 5.97. The minimum Gasteiger partial charge on any atom is -0.328 e. The van der Waals surface area contributed by atoms with E-state index in [2.05, 4.69) is 25.3 Å². The number of nitrogens with two attached hydrogens (primary N) is 1. The molecule has 2 heteroatoms. The van der Waals surface area contributed by atoms with Gasteiger partial charge in [-0.25, -0.2) is 0 Å². The molecule has 0 aromatic heterocycles. The minimum atomic E-state index is 0.379. The predicted molar refractivity (Wildman–Crippen MR) is 64.4 cm³/mol. The van der Waals surface area contributed by atoms with E-state index in [1.165, 1.54) is 12.8 Å². The number of hydrogen-bond donors (Lipinski definition) is 1. The van der Waals surface area contributed by atoms with Crippen LogP contribution in [0.3, 0.4) is 0 Å². The van der Waals surface area contributed by atoms with Crippen molar-refractivity contribution in [1.82, 2.24) is 4.90 Å². The van der Waals surface area contributed by atoms with Gasteiger partial charge in [0.15, 0.2) is 0 Å². The Bertz CT molecular complexity index is 134. The van der Waals surface area contributed by atoms with E-state index in [-0.39, 0.29) is 0 Å². The van der Waals surface area contributed by atoms with Crippen molar-refractivity contribution < 1.29 is 0 Å². The molecule has 0 aliphatic heterocycles. The molecule has 0 rings (SSSR count). The van der Waals surface area contributed by atoms with E-state index >= 15 is 0 Å². The quantitative estimate of drug-likeness (QED) is 0.576. The summed E-state index contributed by atoms with van der Waals surface area (Å²) in [4.78, 5) is 2.42. The Balaban J connectivity index is 3.62. The van der Waals surface area contributed by atoms with Gasteiger partial charge in [-0.05, 0) is 32.4 Å². The zero-order valence-electron chi connectivity index (χ0n) is 9.84. The van der Waals surface area contributed by atoms with Gasteiger partial charge in [0.25, 0.3) is 0 Å². The Morgan fingerprint density at radius 3 is 2.43 bits per heavy atom. The Hall–Kier alpha value is -0.340. The average molecular weight is 198 g/mol. The summed E-state index contributed by atoms with van der Waals surface area (Å²) in [7, 11) is 0. The molecule has 0 aliphatic carbocycles. The summed E-state index contributed by atoms with van der Waals surface area (Å²) in [5.74, 6) is 0. The fourth-order valence-electron chi connectivity index (χ4n) is 1.66. The van der Waals surface area contributed by atoms with Gasteiger partial charge in [-0.2, -0.15) is 0 Å². The fourth-order valence-corrected chi connectivity index (χ4v) is 1.66. The van der Waals surface area contributed by atoms with Crippen molar-refractivity contribution in [1.29, 1.82) is 0 Å². The third kappa shape index (κ3) is 7.10. The normalized spacial score (nSPS) is 13.1. The van der Waals surface area contributed by atoms with Crippen LogP contribution in [0.1, 0.15) is 39.5 Å². The maximum absolute atomic E-state index is 5.97. The zero-order chi connectivity index (χ0) is 10.8. The van der Waals surface area contributed by atoms with Crippen molar-refractivity contribution in [3.8, 4) is 0 Å². The van der Waals surface area contributed by atoms with Crippen LogP contribution in [0, 0.1) is 0 Å². The van der Waals surface area contributed by atoms with Gasteiger partial charge in [-0.15, -0.1) is 6.58 Å². The molecule has 0 aromatic rings. The smallest absolute Gasteiger partial charge is 0.0160 e. The monoisotopic (exact) mass is 198 g/mol. The van der Waals surface area contributed by atoms with Gasteiger partial charge >= 0.3 is 0 Å². The second-order valence-electron chi connectivity index (χ2n) is 3.93. The maximum Gasteiger partial charge on any atom is 0.0160 e. The standard InChI is InChI=1S/C12H26N2/c1-4-7-12(13)8-11-14(9-5-2)10-6-3/h5,12H,2,4,6-11,13H2,1,3H3. The summed E-state index contributed by atoms with van der Waals surface area (Å²) in [6, 6.07) is 0.379. The van der Waals surface area contributed by atoms with Crippen LogP contribution in [0.25, 0.3) is 0 Å². The number of rotatable bonds is 9. The molecule has 0 spiro atoms. The van der Waals surface area contributed by atoms with Crippen LogP contribution >= 0.6 is 0 Å². The van der Waals surface area contributed by atoms with Gasteiger partial charge in [0.1, 0.15) is 0 Å². The van der Waals surface area contributed by atoms with Crippen molar-refractivity contribution in [2.45, 2.75) is 45.6 Å². The molecule has 1 unspecified atom stereocenters. The van der Waals surface area contributed by atoms with Gasteiger partial charge < -0.3 is 5.73 Å². The maximum atomic E-state index is 5.97. The van der Waals surface area contributed by atoms with Crippen molar-refractivity contribution in [2.75, 3.05) is 19.6 Å². The van der Waals surface area contributed by atoms with Crippen molar-refractivity contribution >= 4 is 0 Å². The molecular formula is C12H26N2. The molecule has 2 nitrogen and oxygen atoms in total. The van der Waals surface area contributed by atoms with E-state index in [1.54, 1.807) is 0 Å². The molecule has 0 radical (unpaired) electrons. The summed E-state index contributed by atoms with van der Waals surface area (Å²) in [6.07, 6.45) is 6.63. The summed E-state index contributed by atoms with van der Waals surface area (Å²) in [6.45, 7) is 11.4. The summed E-state index contributed by atoms with van der Waals surface area (Å²) >= 11 is 0. The van der Waals surface area contributed by atoms with Gasteiger partial charge in [0.2, 0.25) is 0 Å². The van der Waals surface area contributed by atoms with Crippen LogP contribution in [-0.4, -0.2) is 30.6 Å². The lowest BCUT2D eigenvalue weighted by Gasteiger charge is -2.21. The van der Waals surface area contributed by atoms with E-state index in [0.717, 1.165) is 32.5 Å². The predicted octanol–water partition coefficient (Wildman–Crippen LogP) is 2.40. The summed E-state index contributed by atoms with van der Waals surface area (Å²) < 4.78 is 0. The Morgan fingerprint density at radius 1 is 1.21 bits per heavy atom. The third-order valence-corrected chi connectivity index (χ3v) is 2.40. The van der Waals surface area contributed by atoms with Gasteiger partial charge in [0.05, 0.1) is 0 Å². The molecule has 1 atom stereocenters. The first-order valence-corrected chi connectivity index (χ1v) is 5.83. The molecule has 0 fully saturated rings. The molecule has 0 aliphatic rings. The molecule has 84 valence electrons. The third-order valence-electron chi connectivity index (χ3n) is 2.40. The Labute approximate surface area is 89.2 Å². The highest BCUT2D eigenvalue weighted by atomic mass is 15.1. The molecule has 0 heterocycles. The topological polar surface area (TPSA) is 29.3 Å².